The SMILES string of the molecule is CN(C)c1ccc(/C=C/c2n(Cc3ccc4ccccc4c3)c3ccccc3[n+]2Cc2ccc3ccccc3c2)cc1. The predicted octanol–water partition coefficient (Wildman–Crippen LogP) is 8.57. The Balaban J connectivity index is 1.36. The molecule has 0 atom stereocenters. The van der Waals surface area contributed by atoms with Gasteiger partial charge in [-0.3, -0.25) is 0 Å². The van der Waals surface area contributed by atoms with Crippen molar-refractivity contribution in [1.29, 1.82) is 0 Å². The molecule has 3 nitrogen and oxygen atoms in total. The van der Waals surface area contributed by atoms with Crippen LogP contribution in [-0.2, 0) is 13.1 Å². The minimum Gasteiger partial charge on any atom is -0.378 e. The molecule has 7 rings (SSSR count). The number of nitrogens with zero attached hydrogens (tertiary/aromatic N) is 3. The van der Waals surface area contributed by atoms with Gasteiger partial charge >= 0.3 is 0 Å². The van der Waals surface area contributed by atoms with Crippen LogP contribution in [0.1, 0.15) is 22.5 Å². The van der Waals surface area contributed by atoms with Crippen molar-refractivity contribution in [3.8, 4) is 0 Å². The molecule has 0 saturated carbocycles. The van der Waals surface area contributed by atoms with Gasteiger partial charge in [-0.2, -0.15) is 0 Å². The van der Waals surface area contributed by atoms with Gasteiger partial charge in [-0.05, 0) is 80.7 Å². The third-order valence-corrected chi connectivity index (χ3v) is 8.16. The Morgan fingerprint density at radius 1 is 0.595 bits per heavy atom. The molecule has 3 heteroatoms. The largest absolute Gasteiger partial charge is 0.378 e. The zero-order valence-electron chi connectivity index (χ0n) is 24.1. The number of anilines is 1. The lowest BCUT2D eigenvalue weighted by atomic mass is 10.1. The van der Waals surface area contributed by atoms with Gasteiger partial charge in [-0.15, -0.1) is 0 Å². The maximum atomic E-state index is 2.46. The van der Waals surface area contributed by atoms with E-state index in [-0.39, 0.29) is 0 Å². The average molecular weight is 545 g/mol. The molecule has 6 aromatic carbocycles. The van der Waals surface area contributed by atoms with E-state index in [4.69, 9.17) is 0 Å². The molecule has 204 valence electrons. The molecular weight excluding hydrogens is 510 g/mol. The molecule has 0 bridgehead atoms. The predicted molar refractivity (Wildman–Crippen MR) is 178 cm³/mol. The maximum absolute atomic E-state index is 2.46. The van der Waals surface area contributed by atoms with Crippen LogP contribution >= 0.6 is 0 Å². The molecule has 0 N–H and O–H groups in total. The third kappa shape index (κ3) is 5.06. The summed E-state index contributed by atoms with van der Waals surface area (Å²) in [4.78, 5) is 2.13. The summed E-state index contributed by atoms with van der Waals surface area (Å²) in [6, 6.07) is 48.4. The highest BCUT2D eigenvalue weighted by Crippen LogP contribution is 2.23. The second kappa shape index (κ2) is 11.0. The highest BCUT2D eigenvalue weighted by atomic mass is 15.2. The van der Waals surface area contributed by atoms with Crippen molar-refractivity contribution in [3.63, 3.8) is 0 Å². The Morgan fingerprint density at radius 2 is 1.19 bits per heavy atom. The summed E-state index contributed by atoms with van der Waals surface area (Å²) in [6.45, 7) is 1.57. The van der Waals surface area contributed by atoms with E-state index in [9.17, 15) is 0 Å². The molecule has 0 aliphatic carbocycles. The first-order valence-electron chi connectivity index (χ1n) is 14.5. The van der Waals surface area contributed by atoms with Crippen LogP contribution in [0.4, 0.5) is 5.69 Å². The lowest BCUT2D eigenvalue weighted by molar-refractivity contribution is -0.665. The van der Waals surface area contributed by atoms with Crippen LogP contribution in [-0.4, -0.2) is 18.7 Å². The Kier molecular flexibility index (Phi) is 6.77. The molecule has 0 amide bonds. The van der Waals surface area contributed by atoms with E-state index in [0.717, 1.165) is 13.1 Å². The van der Waals surface area contributed by atoms with Crippen LogP contribution < -0.4 is 9.47 Å². The van der Waals surface area contributed by atoms with Crippen molar-refractivity contribution in [2.75, 3.05) is 19.0 Å². The van der Waals surface area contributed by atoms with Crippen molar-refractivity contribution in [2.24, 2.45) is 0 Å². The molecule has 0 aliphatic rings. The smallest absolute Gasteiger partial charge is 0.283 e. The van der Waals surface area contributed by atoms with Gasteiger partial charge in [-0.25, -0.2) is 9.13 Å². The van der Waals surface area contributed by atoms with Gasteiger partial charge in [0, 0.05) is 25.9 Å². The van der Waals surface area contributed by atoms with Crippen LogP contribution in [0.5, 0.6) is 0 Å². The Morgan fingerprint density at radius 3 is 1.88 bits per heavy atom. The molecule has 7 aromatic rings. The lowest BCUT2D eigenvalue weighted by Gasteiger charge is -2.11. The van der Waals surface area contributed by atoms with E-state index in [0.29, 0.717) is 0 Å². The van der Waals surface area contributed by atoms with Crippen molar-refractivity contribution < 1.29 is 4.57 Å². The van der Waals surface area contributed by atoms with E-state index >= 15 is 0 Å². The Bertz CT molecular complexity index is 1940. The van der Waals surface area contributed by atoms with Gasteiger partial charge in [-0.1, -0.05) is 97.1 Å². The van der Waals surface area contributed by atoms with Crippen molar-refractivity contribution in [1.82, 2.24) is 4.57 Å². The highest BCUT2D eigenvalue weighted by molar-refractivity contribution is 5.84. The molecule has 0 fully saturated rings. The van der Waals surface area contributed by atoms with Crippen molar-refractivity contribution >= 4 is 50.4 Å². The molecule has 0 radical (unpaired) electrons. The molecule has 0 spiro atoms. The highest BCUT2D eigenvalue weighted by Gasteiger charge is 2.23. The molecular formula is C39H34N3+. The van der Waals surface area contributed by atoms with Gasteiger partial charge < -0.3 is 4.90 Å². The van der Waals surface area contributed by atoms with Gasteiger partial charge in [0.15, 0.2) is 11.0 Å². The maximum Gasteiger partial charge on any atom is 0.283 e. The number of para-hydroxylation sites is 2. The Labute approximate surface area is 247 Å². The first kappa shape index (κ1) is 25.8. The summed E-state index contributed by atoms with van der Waals surface area (Å²) in [7, 11) is 4.15. The third-order valence-electron chi connectivity index (χ3n) is 8.16. The van der Waals surface area contributed by atoms with Crippen LogP contribution in [0.2, 0.25) is 0 Å². The molecule has 0 unspecified atom stereocenters. The summed E-state index contributed by atoms with van der Waals surface area (Å²) in [5.74, 6) is 1.18. The van der Waals surface area contributed by atoms with Crippen LogP contribution in [0, 0.1) is 0 Å². The minimum absolute atomic E-state index is 0.787. The zero-order chi connectivity index (χ0) is 28.5. The van der Waals surface area contributed by atoms with E-state index < -0.39 is 0 Å². The topological polar surface area (TPSA) is 12.1 Å². The number of imidazole rings is 1. The van der Waals surface area contributed by atoms with E-state index in [1.54, 1.807) is 0 Å². The number of rotatable bonds is 7. The van der Waals surface area contributed by atoms with Gasteiger partial charge in [0.05, 0.1) is 0 Å². The van der Waals surface area contributed by atoms with E-state index in [1.807, 2.05) is 0 Å². The summed E-state index contributed by atoms with van der Waals surface area (Å²) in [6.07, 6.45) is 4.52. The first-order valence-corrected chi connectivity index (χ1v) is 14.5. The van der Waals surface area contributed by atoms with Crippen LogP contribution in [0.15, 0.2) is 133 Å². The Hall–Kier alpha value is -5.15. The molecule has 1 aromatic heterocycles. The van der Waals surface area contributed by atoms with Crippen molar-refractivity contribution in [3.05, 3.63) is 156 Å². The quantitative estimate of drug-likeness (QED) is 0.183. The van der Waals surface area contributed by atoms with Crippen molar-refractivity contribution in [2.45, 2.75) is 13.1 Å². The standard InChI is InChI=1S/C39H34N3/c1-40(2)36-22-17-29(18-23-36)19-24-39-41(27-30-15-20-32-9-3-5-11-34(32)25-30)37-13-7-8-14-38(37)42(39)28-31-16-21-33-10-4-6-12-35(33)26-31/h3-26H,27-28H2,1-2H3/q+1. The van der Waals surface area contributed by atoms with E-state index in [1.165, 1.54) is 60.8 Å². The van der Waals surface area contributed by atoms with Gasteiger partial charge in [0.2, 0.25) is 0 Å². The fraction of sp³-hybridized carbons (Fsp3) is 0.103. The second-order valence-corrected chi connectivity index (χ2v) is 11.2. The monoisotopic (exact) mass is 544 g/mol. The normalized spacial score (nSPS) is 11.7. The van der Waals surface area contributed by atoms with Gasteiger partial charge in [0.1, 0.15) is 13.1 Å². The van der Waals surface area contributed by atoms with Gasteiger partial charge in [0.25, 0.3) is 5.82 Å². The molecule has 1 heterocycles. The summed E-state index contributed by atoms with van der Waals surface area (Å²) in [5, 5.41) is 5.08. The average Bonchev–Trinajstić information content (AvgIpc) is 3.31. The molecule has 0 aliphatic heterocycles. The summed E-state index contributed by atoms with van der Waals surface area (Å²) < 4.78 is 4.93. The number of aromatic nitrogens is 2. The fourth-order valence-electron chi connectivity index (χ4n) is 5.92. The zero-order valence-corrected chi connectivity index (χ0v) is 24.1. The van der Waals surface area contributed by atoms with Crippen LogP contribution in [0.3, 0.4) is 0 Å². The minimum atomic E-state index is 0.787. The molecule has 0 saturated heterocycles. The fourth-order valence-corrected chi connectivity index (χ4v) is 5.92. The number of hydrogen-bond donors (Lipinski definition) is 0. The molecule has 42 heavy (non-hydrogen) atoms. The van der Waals surface area contributed by atoms with E-state index in [2.05, 4.69) is 174 Å². The van der Waals surface area contributed by atoms with Crippen LogP contribution in [0.25, 0.3) is 44.7 Å². The lowest BCUT2D eigenvalue weighted by Crippen LogP contribution is -2.37. The first-order chi connectivity index (χ1) is 20.6. The number of fused-ring (bicyclic) bond motifs is 3. The summed E-state index contributed by atoms with van der Waals surface area (Å²) >= 11 is 0. The number of hydrogen-bond acceptors (Lipinski definition) is 1. The summed E-state index contributed by atoms with van der Waals surface area (Å²) in [5.41, 5.74) is 7.42. The number of benzene rings is 6. The second-order valence-electron chi connectivity index (χ2n) is 11.2.